The highest BCUT2D eigenvalue weighted by molar-refractivity contribution is 5.95. The number of amides is 1. The van der Waals surface area contributed by atoms with E-state index in [1.165, 1.54) is 0 Å². The molecule has 0 saturated carbocycles. The minimum absolute atomic E-state index is 0.156. The minimum Gasteiger partial charge on any atom is -0.507 e. The van der Waals surface area contributed by atoms with Crippen LogP contribution in [0.1, 0.15) is 89.6 Å². The first-order valence-corrected chi connectivity index (χ1v) is 11.1. The molecule has 1 amide bonds. The van der Waals surface area contributed by atoms with Crippen LogP contribution in [0.2, 0.25) is 0 Å². The van der Waals surface area contributed by atoms with Crippen molar-refractivity contribution in [3.8, 4) is 5.75 Å². The summed E-state index contributed by atoms with van der Waals surface area (Å²) >= 11 is 0. The molecule has 8 heteroatoms. The van der Waals surface area contributed by atoms with Crippen molar-refractivity contribution in [3.63, 3.8) is 0 Å². The number of hydrogen-bond acceptors (Lipinski definition) is 7. The number of phenols is 1. The van der Waals surface area contributed by atoms with Crippen LogP contribution >= 0.6 is 0 Å². The van der Waals surface area contributed by atoms with Gasteiger partial charge in [0, 0.05) is 29.3 Å². The molecule has 0 unspecified atom stereocenters. The number of nitrogens with one attached hydrogen (secondary N) is 3. The predicted molar refractivity (Wildman–Crippen MR) is 129 cm³/mol. The number of nitrogens with zero attached hydrogens (tertiary/aromatic N) is 3. The summed E-state index contributed by atoms with van der Waals surface area (Å²) in [5.41, 5.74) is 1.36. The molecule has 1 aromatic heterocycles. The number of aromatic nitrogens is 3. The van der Waals surface area contributed by atoms with Crippen molar-refractivity contribution in [1.29, 1.82) is 0 Å². The molecule has 1 heterocycles. The number of hydrogen-bond donors (Lipinski definition) is 4. The molecular formula is C24H38N6O2. The summed E-state index contributed by atoms with van der Waals surface area (Å²) < 4.78 is 0. The number of rotatable bonds is 7. The summed E-state index contributed by atoms with van der Waals surface area (Å²) in [6.45, 7) is 18.9. The monoisotopic (exact) mass is 442 g/mol. The Kier molecular flexibility index (Phi) is 7.70. The van der Waals surface area contributed by atoms with Crippen LogP contribution in [0, 0.1) is 0 Å². The molecule has 2 aromatic rings. The Bertz CT molecular complexity index is 923. The van der Waals surface area contributed by atoms with Gasteiger partial charge in [0.15, 0.2) is 5.82 Å². The number of phenolic OH excluding ortho intramolecular Hbond substituents is 1. The average molecular weight is 443 g/mol. The third kappa shape index (κ3) is 6.55. The van der Waals surface area contributed by atoms with Crippen molar-refractivity contribution in [2.24, 2.45) is 0 Å². The molecular weight excluding hydrogens is 404 g/mol. The molecule has 1 aromatic carbocycles. The summed E-state index contributed by atoms with van der Waals surface area (Å²) in [6, 6.07) is 3.70. The van der Waals surface area contributed by atoms with E-state index in [1.54, 1.807) is 12.1 Å². The SMILES string of the molecule is CCNc1nc(CNC(=O)c2cc(C(C)(C)C)c(O)c(C(C)(C)C)c2)nc(NC(C)C)n1. The lowest BCUT2D eigenvalue weighted by Crippen LogP contribution is -2.27. The van der Waals surface area contributed by atoms with Crippen LogP contribution in [0.15, 0.2) is 12.1 Å². The standard InChI is InChI=1S/C24H38N6O2/c1-10-25-21-28-18(29-22(30-21)27-14(2)3)13-26-20(32)15-11-16(23(4,5)6)19(31)17(12-15)24(7,8)9/h11-12,14,31H,10,13H2,1-9H3,(H,26,32)(H2,25,27,28,29,30). The lowest BCUT2D eigenvalue weighted by atomic mass is 9.78. The van der Waals surface area contributed by atoms with E-state index in [2.05, 4.69) is 30.9 Å². The van der Waals surface area contributed by atoms with E-state index in [1.807, 2.05) is 62.3 Å². The summed E-state index contributed by atoms with van der Waals surface area (Å²) in [4.78, 5) is 26.2. The molecule has 32 heavy (non-hydrogen) atoms. The maximum atomic E-state index is 13.1. The zero-order valence-corrected chi connectivity index (χ0v) is 20.8. The zero-order valence-electron chi connectivity index (χ0n) is 20.8. The van der Waals surface area contributed by atoms with Gasteiger partial charge >= 0.3 is 0 Å². The van der Waals surface area contributed by atoms with Crippen molar-refractivity contribution in [2.75, 3.05) is 17.2 Å². The molecule has 2 rings (SSSR count). The molecule has 4 N–H and O–H groups in total. The van der Waals surface area contributed by atoms with Gasteiger partial charge in [0.25, 0.3) is 5.91 Å². The molecule has 0 aliphatic heterocycles. The Hall–Kier alpha value is -2.90. The highest BCUT2D eigenvalue weighted by atomic mass is 16.3. The van der Waals surface area contributed by atoms with Gasteiger partial charge in [0.1, 0.15) is 5.75 Å². The first kappa shape index (κ1) is 25.4. The summed E-state index contributed by atoms with van der Waals surface area (Å²) in [6.07, 6.45) is 0. The van der Waals surface area contributed by atoms with Gasteiger partial charge in [0.05, 0.1) is 6.54 Å². The molecule has 0 radical (unpaired) electrons. The molecule has 8 nitrogen and oxygen atoms in total. The topological polar surface area (TPSA) is 112 Å². The number of anilines is 2. The van der Waals surface area contributed by atoms with Crippen LogP contribution in [0.3, 0.4) is 0 Å². The molecule has 0 bridgehead atoms. The highest BCUT2D eigenvalue weighted by Crippen LogP contribution is 2.39. The van der Waals surface area contributed by atoms with E-state index in [0.717, 1.165) is 11.1 Å². The summed E-state index contributed by atoms with van der Waals surface area (Å²) in [5.74, 6) is 1.39. The van der Waals surface area contributed by atoms with Crippen molar-refractivity contribution in [3.05, 3.63) is 34.6 Å². The molecule has 0 fully saturated rings. The molecule has 0 atom stereocenters. The third-order valence-corrected chi connectivity index (χ3v) is 4.83. The van der Waals surface area contributed by atoms with E-state index >= 15 is 0 Å². The average Bonchev–Trinajstić information content (AvgIpc) is 2.64. The van der Waals surface area contributed by atoms with Gasteiger partial charge in [0.2, 0.25) is 11.9 Å². The van der Waals surface area contributed by atoms with E-state index < -0.39 is 0 Å². The fraction of sp³-hybridized carbons (Fsp3) is 0.583. The third-order valence-electron chi connectivity index (χ3n) is 4.83. The highest BCUT2D eigenvalue weighted by Gasteiger charge is 2.27. The summed E-state index contributed by atoms with van der Waals surface area (Å²) in [5, 5.41) is 20.1. The van der Waals surface area contributed by atoms with Gasteiger partial charge in [-0.05, 0) is 43.7 Å². The Balaban J connectivity index is 2.34. The Morgan fingerprint density at radius 3 is 1.97 bits per heavy atom. The molecule has 0 saturated heterocycles. The van der Waals surface area contributed by atoms with Gasteiger partial charge in [-0.25, -0.2) is 0 Å². The van der Waals surface area contributed by atoms with Crippen LogP contribution in [-0.4, -0.2) is 38.6 Å². The Labute approximate surface area is 191 Å². The van der Waals surface area contributed by atoms with E-state index in [0.29, 0.717) is 29.8 Å². The van der Waals surface area contributed by atoms with Crippen LogP contribution in [0.5, 0.6) is 5.75 Å². The molecule has 0 aliphatic rings. The maximum absolute atomic E-state index is 13.1. The van der Waals surface area contributed by atoms with Crippen LogP contribution in [-0.2, 0) is 17.4 Å². The van der Waals surface area contributed by atoms with Crippen molar-refractivity contribution in [1.82, 2.24) is 20.3 Å². The zero-order chi connectivity index (χ0) is 24.3. The van der Waals surface area contributed by atoms with Crippen LogP contribution in [0.25, 0.3) is 0 Å². The second-order valence-corrected chi connectivity index (χ2v) is 10.3. The number of carbonyl (C=O) groups excluding carboxylic acids is 1. The first-order chi connectivity index (χ1) is 14.7. The van der Waals surface area contributed by atoms with E-state index in [-0.39, 0.29) is 35.1 Å². The van der Waals surface area contributed by atoms with Crippen LogP contribution < -0.4 is 16.0 Å². The van der Waals surface area contributed by atoms with Crippen molar-refractivity contribution < 1.29 is 9.90 Å². The Morgan fingerprint density at radius 1 is 0.969 bits per heavy atom. The van der Waals surface area contributed by atoms with Crippen LogP contribution in [0.4, 0.5) is 11.9 Å². The van der Waals surface area contributed by atoms with Gasteiger partial charge in [-0.1, -0.05) is 41.5 Å². The smallest absolute Gasteiger partial charge is 0.251 e. The number of carbonyl (C=O) groups is 1. The molecule has 176 valence electrons. The number of aromatic hydroxyl groups is 1. The fourth-order valence-corrected chi connectivity index (χ4v) is 3.23. The fourth-order valence-electron chi connectivity index (χ4n) is 3.23. The summed E-state index contributed by atoms with van der Waals surface area (Å²) in [7, 11) is 0. The predicted octanol–water partition coefficient (Wildman–Crippen LogP) is 4.35. The lowest BCUT2D eigenvalue weighted by Gasteiger charge is -2.28. The lowest BCUT2D eigenvalue weighted by molar-refractivity contribution is 0.0949. The van der Waals surface area contributed by atoms with E-state index in [4.69, 9.17) is 0 Å². The number of benzene rings is 1. The quantitative estimate of drug-likeness (QED) is 0.504. The van der Waals surface area contributed by atoms with Gasteiger partial charge in [-0.15, -0.1) is 0 Å². The second kappa shape index (κ2) is 9.71. The Morgan fingerprint density at radius 2 is 1.50 bits per heavy atom. The van der Waals surface area contributed by atoms with Crippen molar-refractivity contribution >= 4 is 17.8 Å². The largest absolute Gasteiger partial charge is 0.507 e. The van der Waals surface area contributed by atoms with Gasteiger partial charge < -0.3 is 21.1 Å². The maximum Gasteiger partial charge on any atom is 0.251 e. The van der Waals surface area contributed by atoms with E-state index in [9.17, 15) is 9.90 Å². The minimum atomic E-state index is -0.313. The van der Waals surface area contributed by atoms with Crippen molar-refractivity contribution in [2.45, 2.75) is 85.7 Å². The second-order valence-electron chi connectivity index (χ2n) is 10.3. The molecule has 0 spiro atoms. The normalized spacial score (nSPS) is 12.1. The first-order valence-electron chi connectivity index (χ1n) is 11.1. The van der Waals surface area contributed by atoms with Gasteiger partial charge in [-0.3, -0.25) is 4.79 Å². The molecule has 0 aliphatic carbocycles. The van der Waals surface area contributed by atoms with Gasteiger partial charge in [-0.2, -0.15) is 15.0 Å².